The van der Waals surface area contributed by atoms with Gasteiger partial charge in [-0.05, 0) is 30.7 Å². The van der Waals surface area contributed by atoms with Crippen molar-refractivity contribution in [1.82, 2.24) is 4.98 Å². The van der Waals surface area contributed by atoms with E-state index in [1.807, 2.05) is 31.2 Å². The summed E-state index contributed by atoms with van der Waals surface area (Å²) >= 11 is 0. The smallest absolute Gasteiger partial charge is 0.168 e. The summed E-state index contributed by atoms with van der Waals surface area (Å²) in [7, 11) is 0. The number of carbonyl (C=O) groups excluding carboxylic acids is 1. The third-order valence-electron chi connectivity index (χ3n) is 3.45. The zero-order valence-electron chi connectivity index (χ0n) is 11.6. The van der Waals surface area contributed by atoms with E-state index in [0.717, 1.165) is 16.6 Å². The lowest BCUT2D eigenvalue weighted by molar-refractivity contribution is 0.0993. The van der Waals surface area contributed by atoms with Gasteiger partial charge in [0, 0.05) is 23.1 Å². The summed E-state index contributed by atoms with van der Waals surface area (Å²) in [6.07, 6.45) is 0.0557. The van der Waals surface area contributed by atoms with E-state index in [-0.39, 0.29) is 18.0 Å². The number of fused-ring (bicyclic) bond motifs is 1. The Bertz CT molecular complexity index is 826. The summed E-state index contributed by atoms with van der Waals surface area (Å²) in [5.74, 6) is -0.442. The van der Waals surface area contributed by atoms with E-state index < -0.39 is 0 Å². The molecule has 0 atom stereocenters. The fraction of sp³-hybridized carbons (Fsp3) is 0.111. The Morgan fingerprint density at radius 1 is 1.10 bits per heavy atom. The van der Waals surface area contributed by atoms with Gasteiger partial charge in [-0.25, -0.2) is 4.39 Å². The number of pyridine rings is 1. The van der Waals surface area contributed by atoms with E-state index in [2.05, 4.69) is 4.98 Å². The van der Waals surface area contributed by atoms with Crippen molar-refractivity contribution >= 4 is 16.7 Å². The maximum absolute atomic E-state index is 13.7. The number of Topliss-reactive ketones (excluding diaryl/α,β-unsaturated/α-hetero) is 1. The van der Waals surface area contributed by atoms with Crippen LogP contribution in [0.2, 0.25) is 0 Å². The van der Waals surface area contributed by atoms with Gasteiger partial charge in [-0.2, -0.15) is 0 Å². The van der Waals surface area contributed by atoms with Crippen molar-refractivity contribution in [1.29, 1.82) is 0 Å². The summed E-state index contributed by atoms with van der Waals surface area (Å²) in [6, 6.07) is 15.7. The highest BCUT2D eigenvalue weighted by Gasteiger charge is 2.14. The van der Waals surface area contributed by atoms with Crippen LogP contribution in [-0.4, -0.2) is 10.8 Å². The molecule has 0 N–H and O–H groups in total. The molecule has 3 heteroatoms. The second-order valence-electron chi connectivity index (χ2n) is 5.02. The molecular weight excluding hydrogens is 265 g/mol. The zero-order chi connectivity index (χ0) is 14.8. The van der Waals surface area contributed by atoms with Crippen molar-refractivity contribution in [2.24, 2.45) is 0 Å². The Kier molecular flexibility index (Phi) is 3.48. The molecule has 0 aliphatic carbocycles. The van der Waals surface area contributed by atoms with Gasteiger partial charge in [0.25, 0.3) is 0 Å². The van der Waals surface area contributed by atoms with Crippen LogP contribution in [0.5, 0.6) is 0 Å². The van der Waals surface area contributed by atoms with Gasteiger partial charge in [-0.1, -0.05) is 36.4 Å². The Labute approximate surface area is 122 Å². The van der Waals surface area contributed by atoms with Gasteiger partial charge in [-0.3, -0.25) is 9.78 Å². The number of nitrogens with zero attached hydrogens (tertiary/aromatic N) is 1. The molecule has 0 saturated heterocycles. The largest absolute Gasteiger partial charge is 0.294 e. The molecule has 0 amide bonds. The minimum Gasteiger partial charge on any atom is -0.294 e. The Hall–Kier alpha value is -2.55. The number of aromatic nitrogens is 1. The SMILES string of the molecule is Cc1cc(C(=O)Cc2ccccc2F)c2ccccc2n1. The van der Waals surface area contributed by atoms with Gasteiger partial charge in [0.2, 0.25) is 0 Å². The number of hydrogen-bond donors (Lipinski definition) is 0. The first-order chi connectivity index (χ1) is 10.1. The molecule has 3 aromatic rings. The predicted octanol–water partition coefficient (Wildman–Crippen LogP) is 4.11. The summed E-state index contributed by atoms with van der Waals surface area (Å²) in [5.41, 5.74) is 2.59. The van der Waals surface area contributed by atoms with E-state index in [4.69, 9.17) is 0 Å². The van der Waals surface area contributed by atoms with Crippen LogP contribution in [0.4, 0.5) is 4.39 Å². The summed E-state index contributed by atoms with van der Waals surface area (Å²) in [6.45, 7) is 1.85. The molecule has 2 nitrogen and oxygen atoms in total. The maximum atomic E-state index is 13.7. The molecule has 3 rings (SSSR count). The van der Waals surface area contributed by atoms with Crippen molar-refractivity contribution in [3.05, 3.63) is 77.2 Å². The van der Waals surface area contributed by atoms with E-state index in [0.29, 0.717) is 11.1 Å². The van der Waals surface area contributed by atoms with Crippen LogP contribution in [0.15, 0.2) is 54.6 Å². The fourth-order valence-electron chi connectivity index (χ4n) is 2.45. The van der Waals surface area contributed by atoms with Gasteiger partial charge in [0.15, 0.2) is 5.78 Å². The van der Waals surface area contributed by atoms with Crippen molar-refractivity contribution < 1.29 is 9.18 Å². The lowest BCUT2D eigenvalue weighted by Gasteiger charge is -2.07. The van der Waals surface area contributed by atoms with E-state index in [1.165, 1.54) is 6.07 Å². The van der Waals surface area contributed by atoms with E-state index in [9.17, 15) is 9.18 Å². The lowest BCUT2D eigenvalue weighted by atomic mass is 9.99. The van der Waals surface area contributed by atoms with Gasteiger partial charge in [0.05, 0.1) is 5.52 Å². The first-order valence-corrected chi connectivity index (χ1v) is 6.78. The molecule has 104 valence electrons. The normalized spacial score (nSPS) is 10.8. The molecule has 0 saturated carbocycles. The molecule has 1 aromatic heterocycles. The van der Waals surface area contributed by atoms with Crippen LogP contribution in [0.3, 0.4) is 0 Å². The highest BCUT2D eigenvalue weighted by atomic mass is 19.1. The second-order valence-corrected chi connectivity index (χ2v) is 5.02. The average molecular weight is 279 g/mol. The molecule has 0 spiro atoms. The minimum absolute atomic E-state index is 0.0557. The summed E-state index contributed by atoms with van der Waals surface area (Å²) in [4.78, 5) is 17.0. The molecule has 0 fully saturated rings. The van der Waals surface area contributed by atoms with Crippen molar-refractivity contribution in [2.75, 3.05) is 0 Å². The highest BCUT2D eigenvalue weighted by Crippen LogP contribution is 2.20. The Morgan fingerprint density at radius 2 is 1.81 bits per heavy atom. The molecular formula is C18H14FNO. The molecule has 0 aliphatic rings. The van der Waals surface area contributed by atoms with Gasteiger partial charge in [0.1, 0.15) is 5.82 Å². The molecule has 2 aromatic carbocycles. The molecule has 0 radical (unpaired) electrons. The number of aryl methyl sites for hydroxylation is 1. The van der Waals surface area contributed by atoms with Crippen molar-refractivity contribution in [2.45, 2.75) is 13.3 Å². The van der Waals surface area contributed by atoms with Gasteiger partial charge in [-0.15, -0.1) is 0 Å². The third-order valence-corrected chi connectivity index (χ3v) is 3.45. The van der Waals surface area contributed by atoms with Crippen molar-refractivity contribution in [3.63, 3.8) is 0 Å². The number of halogens is 1. The number of ketones is 1. The molecule has 1 heterocycles. The Morgan fingerprint density at radius 3 is 2.62 bits per heavy atom. The number of carbonyl (C=O) groups is 1. The maximum Gasteiger partial charge on any atom is 0.168 e. The second kappa shape index (κ2) is 5.44. The van der Waals surface area contributed by atoms with Crippen LogP contribution < -0.4 is 0 Å². The third kappa shape index (κ3) is 2.68. The van der Waals surface area contributed by atoms with Crippen LogP contribution in [0.1, 0.15) is 21.6 Å². The summed E-state index contributed by atoms with van der Waals surface area (Å²) < 4.78 is 13.7. The molecule has 0 unspecified atom stereocenters. The van der Waals surface area contributed by atoms with E-state index in [1.54, 1.807) is 24.3 Å². The Balaban J connectivity index is 2.04. The predicted molar refractivity (Wildman–Crippen MR) is 80.9 cm³/mol. The highest BCUT2D eigenvalue weighted by molar-refractivity contribution is 6.08. The van der Waals surface area contributed by atoms with Crippen molar-refractivity contribution in [3.8, 4) is 0 Å². The van der Waals surface area contributed by atoms with Gasteiger partial charge < -0.3 is 0 Å². The monoisotopic (exact) mass is 279 g/mol. The fourth-order valence-corrected chi connectivity index (χ4v) is 2.45. The topological polar surface area (TPSA) is 30.0 Å². The molecule has 0 bridgehead atoms. The quantitative estimate of drug-likeness (QED) is 0.675. The molecule has 0 aliphatic heterocycles. The number of rotatable bonds is 3. The lowest BCUT2D eigenvalue weighted by Crippen LogP contribution is -2.07. The summed E-state index contributed by atoms with van der Waals surface area (Å²) in [5, 5.41) is 0.810. The minimum atomic E-state index is -0.346. The van der Waals surface area contributed by atoms with Gasteiger partial charge >= 0.3 is 0 Å². The first-order valence-electron chi connectivity index (χ1n) is 6.78. The standard InChI is InChI=1S/C18H14FNO/c1-12-10-15(14-7-3-5-9-17(14)20-12)18(21)11-13-6-2-4-8-16(13)19/h2-10H,11H2,1H3. The average Bonchev–Trinajstić information content (AvgIpc) is 2.48. The van der Waals surface area contributed by atoms with E-state index >= 15 is 0 Å². The number of benzene rings is 2. The van der Waals surface area contributed by atoms with Crippen LogP contribution >= 0.6 is 0 Å². The number of para-hydroxylation sites is 1. The number of hydrogen-bond acceptors (Lipinski definition) is 2. The molecule has 21 heavy (non-hydrogen) atoms. The first kappa shape index (κ1) is 13.4. The van der Waals surface area contributed by atoms with Crippen LogP contribution in [-0.2, 0) is 6.42 Å². The van der Waals surface area contributed by atoms with Crippen LogP contribution in [0.25, 0.3) is 10.9 Å². The van der Waals surface area contributed by atoms with Crippen LogP contribution in [0, 0.1) is 12.7 Å². The zero-order valence-corrected chi connectivity index (χ0v) is 11.6.